The smallest absolute Gasteiger partial charge is 0.135 e. The van der Waals surface area contributed by atoms with Gasteiger partial charge in [0.15, 0.2) is 0 Å². The molecule has 0 amide bonds. The minimum absolute atomic E-state index is 0.105. The maximum absolute atomic E-state index is 10.4. The molecule has 0 radical (unpaired) electrons. The maximum Gasteiger partial charge on any atom is 0.135 e. The highest BCUT2D eigenvalue weighted by atomic mass is 16.6. The van der Waals surface area contributed by atoms with E-state index in [4.69, 9.17) is 0 Å². The Morgan fingerprint density at radius 3 is 2.44 bits per heavy atom. The summed E-state index contributed by atoms with van der Waals surface area (Å²) in [4.78, 5) is 14.8. The summed E-state index contributed by atoms with van der Waals surface area (Å²) in [6.07, 6.45) is 0.383. The number of oxime groups is 1. The Kier molecular flexibility index (Phi) is 3.67. The topological polar surface area (TPSA) is 38.7 Å². The van der Waals surface area contributed by atoms with Crippen LogP contribution in [0.2, 0.25) is 0 Å². The summed E-state index contributed by atoms with van der Waals surface area (Å²) in [7, 11) is 1.46. The monoisotopic (exact) mass is 129 g/mol. The van der Waals surface area contributed by atoms with Crippen molar-refractivity contribution in [3.05, 3.63) is 0 Å². The van der Waals surface area contributed by atoms with Crippen molar-refractivity contribution >= 4 is 11.5 Å². The molecule has 0 saturated heterocycles. The fourth-order valence-corrected chi connectivity index (χ4v) is 0.548. The lowest BCUT2D eigenvalue weighted by Crippen LogP contribution is -1.99. The fraction of sp³-hybridized carbons (Fsp3) is 0.667. The fourth-order valence-electron chi connectivity index (χ4n) is 0.548. The van der Waals surface area contributed by atoms with Crippen LogP contribution in [0.15, 0.2) is 5.16 Å². The van der Waals surface area contributed by atoms with Crippen molar-refractivity contribution in [2.24, 2.45) is 5.16 Å². The van der Waals surface area contributed by atoms with Crippen LogP contribution in [0.25, 0.3) is 0 Å². The number of ketones is 1. The Morgan fingerprint density at radius 1 is 1.56 bits per heavy atom. The summed E-state index contributed by atoms with van der Waals surface area (Å²) < 4.78 is 0. The molecule has 0 saturated carbocycles. The van der Waals surface area contributed by atoms with Gasteiger partial charge in [0, 0.05) is 6.42 Å². The average molecular weight is 129 g/mol. The van der Waals surface area contributed by atoms with Crippen molar-refractivity contribution in [3.8, 4) is 0 Å². The van der Waals surface area contributed by atoms with Gasteiger partial charge in [-0.2, -0.15) is 0 Å². The molecule has 0 fully saturated rings. The molecule has 0 rings (SSSR count). The van der Waals surface area contributed by atoms with Crippen molar-refractivity contribution < 1.29 is 9.63 Å². The van der Waals surface area contributed by atoms with E-state index in [0.717, 1.165) is 0 Å². The van der Waals surface area contributed by atoms with Crippen LogP contribution in [0.1, 0.15) is 20.3 Å². The van der Waals surface area contributed by atoms with E-state index in [-0.39, 0.29) is 5.78 Å². The number of Topliss-reactive ketones (excluding diaryl/α,β-unsaturated/α-hetero) is 1. The molecule has 3 nitrogen and oxygen atoms in total. The van der Waals surface area contributed by atoms with E-state index >= 15 is 0 Å². The van der Waals surface area contributed by atoms with E-state index in [9.17, 15) is 4.79 Å². The van der Waals surface area contributed by atoms with Crippen molar-refractivity contribution in [1.82, 2.24) is 0 Å². The van der Waals surface area contributed by atoms with Gasteiger partial charge in [-0.15, -0.1) is 0 Å². The van der Waals surface area contributed by atoms with Gasteiger partial charge >= 0.3 is 0 Å². The highest BCUT2D eigenvalue weighted by molar-refractivity contribution is 5.99. The number of carbonyl (C=O) groups is 1. The lowest BCUT2D eigenvalue weighted by Gasteiger charge is -1.92. The van der Waals surface area contributed by atoms with E-state index in [1.54, 1.807) is 6.92 Å². The highest BCUT2D eigenvalue weighted by Crippen LogP contribution is 1.87. The highest BCUT2D eigenvalue weighted by Gasteiger charge is 1.95. The quantitative estimate of drug-likeness (QED) is 0.421. The Balaban J connectivity index is 3.62. The molecular weight excluding hydrogens is 118 g/mol. The van der Waals surface area contributed by atoms with Gasteiger partial charge in [0.1, 0.15) is 12.9 Å². The zero-order chi connectivity index (χ0) is 7.28. The molecule has 0 aliphatic rings. The largest absolute Gasteiger partial charge is 0.399 e. The molecular formula is C6H11NO2. The maximum atomic E-state index is 10.4. The first-order valence-corrected chi connectivity index (χ1v) is 2.73. The molecule has 0 N–H and O–H groups in total. The van der Waals surface area contributed by atoms with Crippen molar-refractivity contribution in [1.29, 1.82) is 0 Å². The van der Waals surface area contributed by atoms with Crippen molar-refractivity contribution in [3.63, 3.8) is 0 Å². The van der Waals surface area contributed by atoms with E-state index in [0.29, 0.717) is 12.1 Å². The molecule has 0 aliphatic heterocycles. The summed E-state index contributed by atoms with van der Waals surface area (Å²) in [6.45, 7) is 3.28. The van der Waals surface area contributed by atoms with E-state index < -0.39 is 0 Å². The van der Waals surface area contributed by atoms with Gasteiger partial charge in [0.25, 0.3) is 0 Å². The van der Waals surface area contributed by atoms with Gasteiger partial charge in [-0.1, -0.05) is 5.16 Å². The van der Waals surface area contributed by atoms with Crippen LogP contribution >= 0.6 is 0 Å². The summed E-state index contributed by atoms with van der Waals surface area (Å²) in [5.41, 5.74) is 0.713. The molecule has 0 atom stereocenters. The van der Waals surface area contributed by atoms with Crippen LogP contribution in [-0.4, -0.2) is 18.6 Å². The second-order valence-electron chi connectivity index (χ2n) is 1.89. The van der Waals surface area contributed by atoms with Gasteiger partial charge in [-0.3, -0.25) is 4.79 Å². The number of rotatable bonds is 3. The normalized spacial score (nSPS) is 11.2. The minimum Gasteiger partial charge on any atom is -0.399 e. The van der Waals surface area contributed by atoms with E-state index in [1.807, 2.05) is 0 Å². The third-order valence-electron chi connectivity index (χ3n) is 0.752. The van der Waals surface area contributed by atoms with Crippen molar-refractivity contribution in [2.75, 3.05) is 7.11 Å². The standard InChI is InChI=1S/C6H11NO2/c1-5(7-9-3)4-6(2)8/h4H2,1-3H3/b7-5-. The van der Waals surface area contributed by atoms with Gasteiger partial charge in [-0.05, 0) is 13.8 Å². The number of nitrogens with zero attached hydrogens (tertiary/aromatic N) is 1. The molecule has 0 aliphatic carbocycles. The van der Waals surface area contributed by atoms with E-state index in [1.165, 1.54) is 14.0 Å². The molecule has 0 aromatic rings. The molecule has 0 aromatic heterocycles. The Bertz CT molecular complexity index is 129. The zero-order valence-corrected chi connectivity index (χ0v) is 5.97. The summed E-state index contributed by atoms with van der Waals surface area (Å²) in [6, 6.07) is 0. The molecule has 0 spiro atoms. The Labute approximate surface area is 54.7 Å². The van der Waals surface area contributed by atoms with E-state index in [2.05, 4.69) is 9.99 Å². The Morgan fingerprint density at radius 2 is 2.11 bits per heavy atom. The molecule has 52 valence electrons. The van der Waals surface area contributed by atoms with Crippen LogP contribution < -0.4 is 0 Å². The lowest BCUT2D eigenvalue weighted by molar-refractivity contribution is -0.115. The number of hydrogen-bond acceptors (Lipinski definition) is 3. The van der Waals surface area contributed by atoms with Crippen LogP contribution in [0.5, 0.6) is 0 Å². The third-order valence-corrected chi connectivity index (χ3v) is 0.752. The number of carbonyl (C=O) groups excluding carboxylic acids is 1. The van der Waals surface area contributed by atoms with Crippen LogP contribution in [-0.2, 0) is 9.63 Å². The second-order valence-corrected chi connectivity index (χ2v) is 1.89. The Hall–Kier alpha value is -0.860. The van der Waals surface area contributed by atoms with Gasteiger partial charge in [-0.25, -0.2) is 0 Å². The zero-order valence-electron chi connectivity index (χ0n) is 5.97. The summed E-state index contributed by atoms with van der Waals surface area (Å²) in [5.74, 6) is 0.105. The van der Waals surface area contributed by atoms with Crippen LogP contribution in [0.3, 0.4) is 0 Å². The molecule has 3 heteroatoms. The molecule has 9 heavy (non-hydrogen) atoms. The van der Waals surface area contributed by atoms with Crippen LogP contribution in [0.4, 0.5) is 0 Å². The average Bonchev–Trinajstić information content (AvgIpc) is 1.63. The first-order valence-electron chi connectivity index (χ1n) is 2.73. The molecule has 0 heterocycles. The van der Waals surface area contributed by atoms with Gasteiger partial charge < -0.3 is 4.84 Å². The molecule has 0 bridgehead atoms. The SMILES string of the molecule is CO/N=C(/C)CC(C)=O. The van der Waals surface area contributed by atoms with Gasteiger partial charge in [0.2, 0.25) is 0 Å². The first kappa shape index (κ1) is 8.14. The van der Waals surface area contributed by atoms with Crippen LogP contribution in [0, 0.1) is 0 Å². The third kappa shape index (κ3) is 5.00. The van der Waals surface area contributed by atoms with Crippen molar-refractivity contribution in [2.45, 2.75) is 20.3 Å². The first-order chi connectivity index (χ1) is 4.16. The second kappa shape index (κ2) is 4.06. The minimum atomic E-state index is 0.105. The molecule has 0 unspecified atom stereocenters. The predicted octanol–water partition coefficient (Wildman–Crippen LogP) is 0.988. The molecule has 0 aromatic carbocycles. The predicted molar refractivity (Wildman–Crippen MR) is 35.4 cm³/mol. The summed E-state index contributed by atoms with van der Waals surface area (Å²) in [5, 5.41) is 3.56. The number of hydrogen-bond donors (Lipinski definition) is 0. The summed E-state index contributed by atoms with van der Waals surface area (Å²) >= 11 is 0. The lowest BCUT2D eigenvalue weighted by atomic mass is 10.2. The van der Waals surface area contributed by atoms with Gasteiger partial charge in [0.05, 0.1) is 5.71 Å².